The summed E-state index contributed by atoms with van der Waals surface area (Å²) in [7, 11) is -3.89. The van der Waals surface area contributed by atoms with Crippen molar-refractivity contribution < 1.29 is 23.1 Å². The quantitative estimate of drug-likeness (QED) is 0.245. The zero-order chi connectivity index (χ0) is 29.5. The molecule has 4 unspecified atom stereocenters. The monoisotopic (exact) mass is 654 g/mol. The molecule has 2 aromatic carbocycles. The van der Waals surface area contributed by atoms with Gasteiger partial charge < -0.3 is 10.0 Å². The van der Waals surface area contributed by atoms with Gasteiger partial charge >= 0.3 is 5.97 Å². The van der Waals surface area contributed by atoms with Gasteiger partial charge in [-0.1, -0.05) is 66.0 Å². The lowest BCUT2D eigenvalue weighted by molar-refractivity contribution is -0.161. The molecule has 41 heavy (non-hydrogen) atoms. The predicted molar refractivity (Wildman–Crippen MR) is 161 cm³/mol. The molecule has 4 atom stereocenters. The van der Waals surface area contributed by atoms with E-state index < -0.39 is 33.5 Å². The average Bonchev–Trinajstić information content (AvgIpc) is 3.65. The van der Waals surface area contributed by atoms with Crippen LogP contribution in [0, 0.1) is 11.3 Å². The number of likely N-dealkylation sites (tertiary alicyclic amines) is 1. The van der Waals surface area contributed by atoms with Crippen LogP contribution in [0.2, 0.25) is 14.4 Å². The van der Waals surface area contributed by atoms with Gasteiger partial charge in [0.2, 0.25) is 15.9 Å². The van der Waals surface area contributed by atoms with Gasteiger partial charge in [-0.05, 0) is 72.7 Å². The van der Waals surface area contributed by atoms with E-state index in [1.54, 1.807) is 30.0 Å². The molecule has 1 amide bonds. The number of hydrogen-bond donors (Lipinski definition) is 2. The summed E-state index contributed by atoms with van der Waals surface area (Å²) >= 11 is 19.6. The summed E-state index contributed by atoms with van der Waals surface area (Å²) in [6.07, 6.45) is 1.57. The highest BCUT2D eigenvalue weighted by molar-refractivity contribution is 7.91. The summed E-state index contributed by atoms with van der Waals surface area (Å²) in [6, 6.07) is 16.6. The van der Waals surface area contributed by atoms with E-state index in [0.717, 1.165) is 35.3 Å². The third kappa shape index (κ3) is 6.60. The van der Waals surface area contributed by atoms with Gasteiger partial charge in [0.15, 0.2) is 0 Å². The summed E-state index contributed by atoms with van der Waals surface area (Å²) in [5.41, 5.74) is 0.466. The van der Waals surface area contributed by atoms with Crippen LogP contribution in [0.1, 0.15) is 55.7 Å². The van der Waals surface area contributed by atoms with Gasteiger partial charge in [-0.3, -0.25) is 9.59 Å². The Morgan fingerprint density at radius 2 is 1.78 bits per heavy atom. The van der Waals surface area contributed by atoms with E-state index in [2.05, 4.69) is 4.72 Å². The fourth-order valence-corrected chi connectivity index (χ4v) is 8.83. The van der Waals surface area contributed by atoms with Crippen LogP contribution in [0.3, 0.4) is 0 Å². The number of hydrogen-bond acceptors (Lipinski definition) is 5. The van der Waals surface area contributed by atoms with E-state index in [1.807, 2.05) is 30.3 Å². The molecule has 0 radical (unpaired) electrons. The smallest absolute Gasteiger partial charge is 0.304 e. The second-order valence-electron chi connectivity index (χ2n) is 11.0. The number of halogens is 3. The van der Waals surface area contributed by atoms with Crippen molar-refractivity contribution in [3.05, 3.63) is 86.2 Å². The molecule has 2 aliphatic rings. The number of piperidine rings is 1. The number of aliphatic carboxylic acids is 1. The minimum absolute atomic E-state index is 0.0240. The Kier molecular flexibility index (Phi) is 8.77. The summed E-state index contributed by atoms with van der Waals surface area (Å²) in [5, 5.41) is 10.9. The summed E-state index contributed by atoms with van der Waals surface area (Å²) in [5.74, 6) is -1.65. The Labute approximate surface area is 258 Å². The van der Waals surface area contributed by atoms with E-state index in [9.17, 15) is 23.1 Å². The number of carboxylic acids is 1. The zero-order valence-electron chi connectivity index (χ0n) is 22.1. The number of amides is 1. The van der Waals surface area contributed by atoms with E-state index in [4.69, 9.17) is 34.8 Å². The van der Waals surface area contributed by atoms with Crippen molar-refractivity contribution in [1.29, 1.82) is 0 Å². The minimum atomic E-state index is -3.89. The molecule has 1 aromatic heterocycles. The third-order valence-corrected chi connectivity index (χ3v) is 11.6. The normalized spacial score (nSPS) is 23.9. The fraction of sp³-hybridized carbons (Fsp3) is 0.379. The Morgan fingerprint density at radius 3 is 2.37 bits per heavy atom. The maximum absolute atomic E-state index is 14.5. The summed E-state index contributed by atoms with van der Waals surface area (Å²) in [6.45, 7) is 1.66. The molecule has 2 fully saturated rings. The summed E-state index contributed by atoms with van der Waals surface area (Å²) in [4.78, 5) is 28.3. The molecule has 3 aromatic rings. The molecule has 1 saturated carbocycles. The maximum atomic E-state index is 14.5. The zero-order valence-corrected chi connectivity index (χ0v) is 26.0. The van der Waals surface area contributed by atoms with E-state index >= 15 is 0 Å². The predicted octanol–water partition coefficient (Wildman–Crippen LogP) is 7.00. The van der Waals surface area contributed by atoms with Crippen LogP contribution in [-0.4, -0.2) is 42.9 Å². The van der Waals surface area contributed by atoms with Gasteiger partial charge in [0, 0.05) is 28.5 Å². The maximum Gasteiger partial charge on any atom is 0.304 e. The molecule has 1 aliphatic heterocycles. The molecule has 0 spiro atoms. The Morgan fingerprint density at radius 1 is 1.07 bits per heavy atom. The number of carbonyl (C=O) groups is 2. The third-order valence-electron chi connectivity index (χ3n) is 7.95. The molecule has 2 N–H and O–H groups in total. The van der Waals surface area contributed by atoms with Crippen LogP contribution >= 0.6 is 46.1 Å². The van der Waals surface area contributed by atoms with Gasteiger partial charge in [0.25, 0.3) is 0 Å². The van der Waals surface area contributed by atoms with E-state index in [-0.39, 0.29) is 41.3 Å². The van der Waals surface area contributed by atoms with Crippen LogP contribution in [0.4, 0.5) is 0 Å². The molecule has 218 valence electrons. The molecular formula is C29H29Cl3N2O5S2. The van der Waals surface area contributed by atoms with Crippen molar-refractivity contribution in [2.24, 2.45) is 11.3 Å². The van der Waals surface area contributed by atoms with Gasteiger partial charge in [-0.15, -0.1) is 11.3 Å². The number of nitrogens with zero attached hydrogens (tertiary/aromatic N) is 1. The van der Waals surface area contributed by atoms with Crippen LogP contribution in [0.25, 0.3) is 0 Å². The SMILES string of the molecule is CC1(CC(=O)O)CC(c2cccc(Cl)c2)C(c2ccc(Cl)cc2)N(C(CNS(=O)(=O)c2ccc(Cl)s2)C2CC2)C1=O. The van der Waals surface area contributed by atoms with Crippen molar-refractivity contribution in [2.45, 2.75) is 54.8 Å². The van der Waals surface area contributed by atoms with Gasteiger partial charge in [0.1, 0.15) is 4.21 Å². The van der Waals surface area contributed by atoms with Gasteiger partial charge in [0.05, 0.1) is 22.2 Å². The van der Waals surface area contributed by atoms with Crippen LogP contribution in [0.5, 0.6) is 0 Å². The van der Waals surface area contributed by atoms with Crippen molar-refractivity contribution in [2.75, 3.05) is 6.54 Å². The second kappa shape index (κ2) is 11.9. The number of rotatable bonds is 10. The largest absolute Gasteiger partial charge is 0.481 e. The van der Waals surface area contributed by atoms with E-state index in [0.29, 0.717) is 14.4 Å². The second-order valence-corrected chi connectivity index (χ2v) is 15.6. The number of carboxylic acid groups (broad SMARTS) is 1. The molecule has 12 heteroatoms. The number of carbonyl (C=O) groups excluding carboxylic acids is 1. The fourth-order valence-electron chi connectivity index (χ4n) is 5.93. The molecule has 5 rings (SSSR count). The van der Waals surface area contributed by atoms with Crippen molar-refractivity contribution in [3.8, 4) is 0 Å². The minimum Gasteiger partial charge on any atom is -0.481 e. The Hall–Kier alpha value is -2.14. The highest BCUT2D eigenvalue weighted by Gasteiger charge is 2.54. The Bertz CT molecular complexity index is 1560. The number of benzene rings is 2. The first-order valence-electron chi connectivity index (χ1n) is 13.2. The first-order chi connectivity index (χ1) is 19.4. The first kappa shape index (κ1) is 30.3. The van der Waals surface area contributed by atoms with Crippen molar-refractivity contribution >= 4 is 68.0 Å². The molecule has 1 saturated heterocycles. The standard InChI is InChI=1S/C29H29Cl3N2O5S2/c1-29(15-25(35)36)14-22(19-3-2-4-21(31)13-19)27(18-7-9-20(30)10-8-18)34(28(29)37)23(17-5-6-17)16-33-41(38,39)26-12-11-24(32)40-26/h2-4,7-13,17,22-23,27,33H,5-6,14-16H2,1H3,(H,35,36). The first-order valence-corrected chi connectivity index (χ1v) is 16.6. The molecule has 2 heterocycles. The van der Waals surface area contributed by atoms with Crippen molar-refractivity contribution in [1.82, 2.24) is 9.62 Å². The number of nitrogens with one attached hydrogen (secondary N) is 1. The molecular weight excluding hydrogens is 627 g/mol. The van der Waals surface area contributed by atoms with Crippen LogP contribution in [-0.2, 0) is 19.6 Å². The summed E-state index contributed by atoms with van der Waals surface area (Å²) < 4.78 is 29.5. The van der Waals surface area contributed by atoms with E-state index in [1.165, 1.54) is 12.1 Å². The Balaban J connectivity index is 1.62. The van der Waals surface area contributed by atoms with Crippen LogP contribution < -0.4 is 4.72 Å². The average molecular weight is 656 g/mol. The number of sulfonamides is 1. The lowest BCUT2D eigenvalue weighted by Gasteiger charge is -2.52. The lowest BCUT2D eigenvalue weighted by atomic mass is 9.67. The highest BCUT2D eigenvalue weighted by Crippen LogP contribution is 2.54. The topological polar surface area (TPSA) is 104 Å². The molecule has 0 bridgehead atoms. The lowest BCUT2D eigenvalue weighted by Crippen LogP contribution is -2.59. The molecule has 1 aliphatic carbocycles. The molecule has 7 nitrogen and oxygen atoms in total. The van der Waals surface area contributed by atoms with Crippen LogP contribution in [0.15, 0.2) is 64.9 Å². The van der Waals surface area contributed by atoms with Crippen molar-refractivity contribution in [3.63, 3.8) is 0 Å². The van der Waals surface area contributed by atoms with Gasteiger partial charge in [-0.25, -0.2) is 13.1 Å². The highest BCUT2D eigenvalue weighted by atomic mass is 35.5. The van der Waals surface area contributed by atoms with Gasteiger partial charge in [-0.2, -0.15) is 0 Å². The number of thiophene rings is 1.